The summed E-state index contributed by atoms with van der Waals surface area (Å²) in [7, 11) is 0. The third-order valence-electron chi connectivity index (χ3n) is 1.96. The molecule has 0 saturated carbocycles. The Morgan fingerprint density at radius 3 is 2.82 bits per heavy atom. The molecule has 0 spiro atoms. The summed E-state index contributed by atoms with van der Waals surface area (Å²) < 4.78 is 5.37. The third-order valence-corrected chi connectivity index (χ3v) is 1.96. The molecule has 0 radical (unpaired) electrons. The minimum Gasteiger partial charge on any atom is -0.396 e. The molecule has 2 N–H and O–H groups in total. The Balaban J connectivity index is 2.28. The summed E-state index contributed by atoms with van der Waals surface area (Å²) in [6, 6.07) is 0. The maximum absolute atomic E-state index is 8.97. The van der Waals surface area contributed by atoms with E-state index >= 15 is 0 Å². The van der Waals surface area contributed by atoms with Gasteiger partial charge in [-0.2, -0.15) is 0 Å². The van der Waals surface area contributed by atoms with Gasteiger partial charge >= 0.3 is 0 Å². The Bertz CT molecular complexity index is 119. The molecule has 0 bridgehead atoms. The Labute approximate surface area is 67.7 Å². The fourth-order valence-corrected chi connectivity index (χ4v) is 1.18. The molecule has 3 nitrogen and oxygen atoms in total. The maximum atomic E-state index is 8.97. The van der Waals surface area contributed by atoms with Gasteiger partial charge in [-0.25, -0.2) is 0 Å². The van der Waals surface area contributed by atoms with Gasteiger partial charge in [0.05, 0.1) is 6.61 Å². The zero-order valence-electron chi connectivity index (χ0n) is 7.26. The highest BCUT2D eigenvalue weighted by molar-refractivity contribution is 4.74. The highest BCUT2D eigenvalue weighted by atomic mass is 16.5. The van der Waals surface area contributed by atoms with Crippen LogP contribution in [0.4, 0.5) is 0 Å². The van der Waals surface area contributed by atoms with Crippen molar-refractivity contribution in [3.8, 4) is 0 Å². The van der Waals surface area contributed by atoms with Crippen molar-refractivity contribution in [1.82, 2.24) is 5.32 Å². The van der Waals surface area contributed by atoms with Crippen LogP contribution < -0.4 is 5.32 Å². The SMILES string of the molecule is CC(C)(CO)C[C@H]1NCCO1. The van der Waals surface area contributed by atoms with E-state index in [1.807, 2.05) is 13.8 Å². The molecule has 1 atom stereocenters. The van der Waals surface area contributed by atoms with E-state index in [9.17, 15) is 0 Å². The van der Waals surface area contributed by atoms with Crippen LogP contribution >= 0.6 is 0 Å². The Morgan fingerprint density at radius 1 is 1.64 bits per heavy atom. The van der Waals surface area contributed by atoms with Crippen LogP contribution in [0.3, 0.4) is 0 Å². The number of nitrogens with one attached hydrogen (secondary N) is 1. The molecule has 1 heterocycles. The first-order valence-electron chi connectivity index (χ1n) is 4.10. The molecule has 11 heavy (non-hydrogen) atoms. The van der Waals surface area contributed by atoms with E-state index in [1.165, 1.54) is 0 Å². The smallest absolute Gasteiger partial charge is 0.108 e. The second-order valence-electron chi connectivity index (χ2n) is 3.84. The molecule has 0 aromatic rings. The summed E-state index contributed by atoms with van der Waals surface area (Å²) in [4.78, 5) is 0. The van der Waals surface area contributed by atoms with Crippen molar-refractivity contribution < 1.29 is 9.84 Å². The zero-order valence-corrected chi connectivity index (χ0v) is 7.26. The molecule has 1 saturated heterocycles. The van der Waals surface area contributed by atoms with E-state index in [4.69, 9.17) is 9.84 Å². The lowest BCUT2D eigenvalue weighted by molar-refractivity contribution is 0.0394. The van der Waals surface area contributed by atoms with Crippen LogP contribution in [0.1, 0.15) is 20.3 Å². The van der Waals surface area contributed by atoms with Gasteiger partial charge in [-0.1, -0.05) is 13.8 Å². The molecular weight excluding hydrogens is 142 g/mol. The Morgan fingerprint density at radius 2 is 2.36 bits per heavy atom. The van der Waals surface area contributed by atoms with Crippen LogP contribution in [-0.2, 0) is 4.74 Å². The molecule has 66 valence electrons. The van der Waals surface area contributed by atoms with Crippen LogP contribution in [0.5, 0.6) is 0 Å². The van der Waals surface area contributed by atoms with Crippen molar-refractivity contribution in [2.24, 2.45) is 5.41 Å². The largest absolute Gasteiger partial charge is 0.396 e. The van der Waals surface area contributed by atoms with E-state index in [2.05, 4.69) is 5.32 Å². The highest BCUT2D eigenvalue weighted by Gasteiger charge is 2.24. The van der Waals surface area contributed by atoms with Gasteiger partial charge in [0, 0.05) is 13.2 Å². The van der Waals surface area contributed by atoms with Crippen molar-refractivity contribution in [1.29, 1.82) is 0 Å². The van der Waals surface area contributed by atoms with Crippen molar-refractivity contribution in [2.45, 2.75) is 26.5 Å². The van der Waals surface area contributed by atoms with Gasteiger partial charge < -0.3 is 9.84 Å². The fraction of sp³-hybridized carbons (Fsp3) is 1.00. The summed E-state index contributed by atoms with van der Waals surface area (Å²) in [6.45, 7) is 6.03. The fourth-order valence-electron chi connectivity index (χ4n) is 1.18. The Hall–Kier alpha value is -0.120. The van der Waals surface area contributed by atoms with Gasteiger partial charge in [-0.3, -0.25) is 5.32 Å². The maximum Gasteiger partial charge on any atom is 0.108 e. The Kier molecular flexibility index (Phi) is 2.87. The van der Waals surface area contributed by atoms with Gasteiger partial charge in [0.15, 0.2) is 0 Å². The number of rotatable bonds is 3. The van der Waals surface area contributed by atoms with E-state index in [-0.39, 0.29) is 18.2 Å². The molecule has 1 aliphatic rings. The predicted molar refractivity (Wildman–Crippen MR) is 43.2 cm³/mol. The van der Waals surface area contributed by atoms with Gasteiger partial charge in [0.2, 0.25) is 0 Å². The molecule has 0 aliphatic carbocycles. The second kappa shape index (κ2) is 3.52. The molecule has 1 aliphatic heterocycles. The average molecular weight is 159 g/mol. The summed E-state index contributed by atoms with van der Waals surface area (Å²) in [5.74, 6) is 0. The summed E-state index contributed by atoms with van der Waals surface area (Å²) in [5.41, 5.74) is -0.0258. The summed E-state index contributed by atoms with van der Waals surface area (Å²) in [6.07, 6.45) is 1.03. The standard InChI is InChI=1S/C8H17NO2/c1-8(2,6-10)5-7-9-3-4-11-7/h7,9-10H,3-6H2,1-2H3/t7-/m0/s1. The molecule has 0 amide bonds. The average Bonchev–Trinajstić information content (AvgIpc) is 2.39. The number of aliphatic hydroxyl groups is 1. The summed E-state index contributed by atoms with van der Waals surface area (Å²) in [5, 5.41) is 12.2. The number of aliphatic hydroxyl groups excluding tert-OH is 1. The second-order valence-corrected chi connectivity index (χ2v) is 3.84. The van der Waals surface area contributed by atoms with Gasteiger partial charge in [-0.15, -0.1) is 0 Å². The lowest BCUT2D eigenvalue weighted by atomic mass is 9.90. The predicted octanol–water partition coefficient (Wildman–Crippen LogP) is 0.341. The van der Waals surface area contributed by atoms with Crippen LogP contribution in [0, 0.1) is 5.41 Å². The molecule has 0 aromatic carbocycles. The van der Waals surface area contributed by atoms with Crippen LogP contribution in [0.15, 0.2) is 0 Å². The van der Waals surface area contributed by atoms with Gasteiger partial charge in [0.1, 0.15) is 6.23 Å². The zero-order chi connectivity index (χ0) is 8.32. The molecule has 3 heteroatoms. The van der Waals surface area contributed by atoms with Crippen LogP contribution in [0.2, 0.25) is 0 Å². The van der Waals surface area contributed by atoms with E-state index in [0.29, 0.717) is 0 Å². The summed E-state index contributed by atoms with van der Waals surface area (Å²) >= 11 is 0. The minimum atomic E-state index is -0.0258. The first-order chi connectivity index (χ1) is 5.14. The van der Waals surface area contributed by atoms with E-state index < -0.39 is 0 Å². The normalized spacial score (nSPS) is 25.9. The topological polar surface area (TPSA) is 41.5 Å². The quantitative estimate of drug-likeness (QED) is 0.624. The number of ether oxygens (including phenoxy) is 1. The lowest BCUT2D eigenvalue weighted by Crippen LogP contribution is -2.31. The number of hydrogen-bond acceptors (Lipinski definition) is 3. The van der Waals surface area contributed by atoms with Gasteiger partial charge in [-0.05, 0) is 11.8 Å². The van der Waals surface area contributed by atoms with Crippen molar-refractivity contribution in [2.75, 3.05) is 19.8 Å². The monoisotopic (exact) mass is 159 g/mol. The molecule has 0 aromatic heterocycles. The van der Waals surface area contributed by atoms with E-state index in [1.54, 1.807) is 0 Å². The van der Waals surface area contributed by atoms with E-state index in [0.717, 1.165) is 19.6 Å². The van der Waals surface area contributed by atoms with Crippen molar-refractivity contribution >= 4 is 0 Å². The first kappa shape index (κ1) is 8.97. The lowest BCUT2D eigenvalue weighted by Gasteiger charge is -2.24. The highest BCUT2D eigenvalue weighted by Crippen LogP contribution is 2.22. The molecule has 1 rings (SSSR count). The van der Waals surface area contributed by atoms with Crippen LogP contribution in [0.25, 0.3) is 0 Å². The van der Waals surface area contributed by atoms with Crippen molar-refractivity contribution in [3.63, 3.8) is 0 Å². The minimum absolute atomic E-state index is 0.0258. The number of hydrogen-bond donors (Lipinski definition) is 2. The van der Waals surface area contributed by atoms with Crippen LogP contribution in [-0.4, -0.2) is 31.1 Å². The first-order valence-corrected chi connectivity index (χ1v) is 4.10. The van der Waals surface area contributed by atoms with Crippen molar-refractivity contribution in [3.05, 3.63) is 0 Å². The molecule has 1 fully saturated rings. The molecular formula is C8H17NO2. The third kappa shape index (κ3) is 2.77. The van der Waals surface area contributed by atoms with Gasteiger partial charge in [0.25, 0.3) is 0 Å². The molecule has 0 unspecified atom stereocenters.